The maximum atomic E-state index is 12.5. The molecule has 0 amide bonds. The molecule has 0 saturated heterocycles. The summed E-state index contributed by atoms with van der Waals surface area (Å²) in [7, 11) is 0. The van der Waals surface area contributed by atoms with Crippen molar-refractivity contribution in [3.63, 3.8) is 0 Å². The quantitative estimate of drug-likeness (QED) is 0.391. The lowest BCUT2D eigenvalue weighted by molar-refractivity contribution is 0.0526. The number of carbonyl (C=O) groups is 1. The minimum absolute atomic E-state index is 0.257. The number of nitrogens with zero attached hydrogens (tertiary/aromatic N) is 3. The van der Waals surface area contributed by atoms with E-state index in [0.717, 1.165) is 27.1 Å². The van der Waals surface area contributed by atoms with Crippen molar-refractivity contribution in [2.45, 2.75) is 20.8 Å². The van der Waals surface area contributed by atoms with Crippen LogP contribution in [0.1, 0.15) is 29.8 Å². The monoisotopic (exact) mass is 434 g/mol. The Hall–Kier alpha value is -3.52. The second-order valence-electron chi connectivity index (χ2n) is 6.75. The van der Waals surface area contributed by atoms with Crippen molar-refractivity contribution >= 4 is 38.5 Å². The molecule has 158 valence electrons. The average molecular weight is 435 g/mol. The molecule has 31 heavy (non-hydrogen) atoms. The SMILES string of the molecule is CCOC(=O)c1cnc(-c2cccc(C)c2)nc1Nc1nc2ccc(OCC)cc2s1. The van der Waals surface area contributed by atoms with Crippen LogP contribution in [0.15, 0.2) is 48.7 Å². The first kappa shape index (κ1) is 20.7. The van der Waals surface area contributed by atoms with Gasteiger partial charge >= 0.3 is 5.97 Å². The van der Waals surface area contributed by atoms with Gasteiger partial charge in [0, 0.05) is 11.8 Å². The van der Waals surface area contributed by atoms with Crippen molar-refractivity contribution in [3.8, 4) is 17.1 Å². The lowest BCUT2D eigenvalue weighted by atomic mass is 10.1. The van der Waals surface area contributed by atoms with Gasteiger partial charge in [0.1, 0.15) is 11.3 Å². The number of esters is 1. The van der Waals surface area contributed by atoms with Gasteiger partial charge in [-0.25, -0.2) is 19.7 Å². The molecule has 2 heterocycles. The zero-order chi connectivity index (χ0) is 21.8. The number of rotatable bonds is 7. The van der Waals surface area contributed by atoms with Crippen LogP contribution in [0.4, 0.5) is 10.9 Å². The van der Waals surface area contributed by atoms with Crippen molar-refractivity contribution in [1.29, 1.82) is 0 Å². The van der Waals surface area contributed by atoms with Gasteiger partial charge in [0.05, 0.1) is 23.4 Å². The molecule has 0 radical (unpaired) electrons. The van der Waals surface area contributed by atoms with E-state index in [4.69, 9.17) is 9.47 Å². The highest BCUT2D eigenvalue weighted by Crippen LogP contribution is 2.32. The van der Waals surface area contributed by atoms with Gasteiger partial charge in [-0.15, -0.1) is 0 Å². The van der Waals surface area contributed by atoms with Crippen LogP contribution < -0.4 is 10.1 Å². The number of thiazole rings is 1. The molecule has 7 nitrogen and oxygen atoms in total. The second-order valence-corrected chi connectivity index (χ2v) is 7.78. The number of hydrogen-bond acceptors (Lipinski definition) is 8. The topological polar surface area (TPSA) is 86.2 Å². The van der Waals surface area contributed by atoms with Gasteiger partial charge in [-0.3, -0.25) is 0 Å². The number of nitrogens with one attached hydrogen (secondary N) is 1. The fraction of sp³-hybridized carbons (Fsp3) is 0.217. The number of anilines is 2. The van der Waals surface area contributed by atoms with E-state index in [1.165, 1.54) is 17.5 Å². The lowest BCUT2D eigenvalue weighted by Crippen LogP contribution is -2.11. The van der Waals surface area contributed by atoms with E-state index in [1.807, 2.05) is 56.3 Å². The van der Waals surface area contributed by atoms with Gasteiger partial charge in [-0.05, 0) is 45.0 Å². The summed E-state index contributed by atoms with van der Waals surface area (Å²) in [4.78, 5) is 26.1. The molecule has 4 rings (SSSR count). The Bertz CT molecular complexity index is 1240. The zero-order valence-electron chi connectivity index (χ0n) is 17.5. The molecule has 0 saturated carbocycles. The predicted octanol–water partition coefficient (Wildman–Crippen LogP) is 5.38. The van der Waals surface area contributed by atoms with Crippen molar-refractivity contribution < 1.29 is 14.3 Å². The van der Waals surface area contributed by atoms with Crippen molar-refractivity contribution in [2.24, 2.45) is 0 Å². The molecule has 1 N–H and O–H groups in total. The largest absolute Gasteiger partial charge is 0.494 e. The summed E-state index contributed by atoms with van der Waals surface area (Å²) in [5.41, 5.74) is 3.06. The number of aromatic nitrogens is 3. The van der Waals surface area contributed by atoms with Gasteiger partial charge in [0.25, 0.3) is 0 Å². The molecule has 0 aliphatic rings. The Morgan fingerprint density at radius 2 is 1.97 bits per heavy atom. The van der Waals surface area contributed by atoms with E-state index in [1.54, 1.807) is 6.92 Å². The predicted molar refractivity (Wildman–Crippen MR) is 122 cm³/mol. The standard InChI is InChI=1S/C23H22N4O3S/c1-4-29-16-9-10-18-19(12-16)31-23(25-18)27-21-17(22(28)30-5-2)13-24-20(26-21)15-8-6-7-14(3)11-15/h6-13H,4-5H2,1-3H3,(H,24,25,26,27). The maximum Gasteiger partial charge on any atom is 0.343 e. The molecule has 0 bridgehead atoms. The molecule has 0 fully saturated rings. The van der Waals surface area contributed by atoms with E-state index in [9.17, 15) is 4.79 Å². The van der Waals surface area contributed by atoms with E-state index in [-0.39, 0.29) is 12.2 Å². The van der Waals surface area contributed by atoms with Crippen LogP contribution >= 0.6 is 11.3 Å². The van der Waals surface area contributed by atoms with Crippen molar-refractivity contribution in [2.75, 3.05) is 18.5 Å². The molecule has 2 aromatic carbocycles. The Labute approximate surface area is 184 Å². The van der Waals surface area contributed by atoms with Crippen LogP contribution in [0.3, 0.4) is 0 Å². The summed E-state index contributed by atoms with van der Waals surface area (Å²) >= 11 is 1.46. The fourth-order valence-electron chi connectivity index (χ4n) is 3.07. The van der Waals surface area contributed by atoms with Gasteiger partial charge in [-0.2, -0.15) is 0 Å². The van der Waals surface area contributed by atoms with Crippen LogP contribution in [0, 0.1) is 6.92 Å². The summed E-state index contributed by atoms with van der Waals surface area (Å²) in [6.45, 7) is 6.58. The van der Waals surface area contributed by atoms with Crippen LogP contribution in [-0.4, -0.2) is 34.1 Å². The summed E-state index contributed by atoms with van der Waals surface area (Å²) in [6, 6.07) is 13.6. The van der Waals surface area contributed by atoms with Gasteiger partial charge in [0.2, 0.25) is 0 Å². The average Bonchev–Trinajstić information content (AvgIpc) is 3.15. The van der Waals surface area contributed by atoms with E-state index in [2.05, 4.69) is 20.3 Å². The van der Waals surface area contributed by atoms with E-state index >= 15 is 0 Å². The first-order valence-electron chi connectivity index (χ1n) is 9.99. The minimum Gasteiger partial charge on any atom is -0.494 e. The van der Waals surface area contributed by atoms with Crippen LogP contribution in [0.2, 0.25) is 0 Å². The third kappa shape index (κ3) is 4.64. The van der Waals surface area contributed by atoms with E-state index in [0.29, 0.717) is 23.4 Å². The molecule has 4 aromatic rings. The number of ether oxygens (including phenoxy) is 2. The summed E-state index contributed by atoms with van der Waals surface area (Å²) in [6.07, 6.45) is 1.49. The smallest absolute Gasteiger partial charge is 0.343 e. The van der Waals surface area contributed by atoms with Crippen molar-refractivity contribution in [1.82, 2.24) is 15.0 Å². The highest BCUT2D eigenvalue weighted by Gasteiger charge is 2.18. The third-order valence-electron chi connectivity index (χ3n) is 4.46. The van der Waals surface area contributed by atoms with Crippen LogP contribution in [0.25, 0.3) is 21.6 Å². The molecule has 8 heteroatoms. The third-order valence-corrected chi connectivity index (χ3v) is 5.39. The highest BCUT2D eigenvalue weighted by molar-refractivity contribution is 7.22. The molecule has 0 unspecified atom stereocenters. The highest BCUT2D eigenvalue weighted by atomic mass is 32.1. The van der Waals surface area contributed by atoms with Crippen LogP contribution in [0.5, 0.6) is 5.75 Å². The maximum absolute atomic E-state index is 12.5. The molecule has 0 atom stereocenters. The normalized spacial score (nSPS) is 10.8. The van der Waals surface area contributed by atoms with Gasteiger partial charge in [0.15, 0.2) is 16.8 Å². The fourth-order valence-corrected chi connectivity index (χ4v) is 3.97. The van der Waals surface area contributed by atoms with Crippen molar-refractivity contribution in [3.05, 3.63) is 59.8 Å². The number of hydrogen-bond donors (Lipinski definition) is 1. The second kappa shape index (κ2) is 9.09. The Morgan fingerprint density at radius 3 is 2.74 bits per heavy atom. The number of aryl methyl sites for hydroxylation is 1. The Kier molecular flexibility index (Phi) is 6.08. The number of carbonyl (C=O) groups excluding carboxylic acids is 1. The molecule has 0 aliphatic carbocycles. The number of benzene rings is 2. The molecule has 0 aliphatic heterocycles. The molecule has 0 spiro atoms. The number of fused-ring (bicyclic) bond motifs is 1. The zero-order valence-corrected chi connectivity index (χ0v) is 18.3. The Morgan fingerprint density at radius 1 is 1.10 bits per heavy atom. The molecular formula is C23H22N4O3S. The van der Waals surface area contributed by atoms with E-state index < -0.39 is 5.97 Å². The summed E-state index contributed by atoms with van der Waals surface area (Å²) < 4.78 is 11.7. The Balaban J connectivity index is 1.73. The van der Waals surface area contributed by atoms with Crippen LogP contribution in [-0.2, 0) is 4.74 Å². The summed E-state index contributed by atoms with van der Waals surface area (Å²) in [5, 5.41) is 3.81. The minimum atomic E-state index is -0.486. The lowest BCUT2D eigenvalue weighted by Gasteiger charge is -2.10. The first-order valence-corrected chi connectivity index (χ1v) is 10.8. The molecule has 2 aromatic heterocycles. The molecular weight excluding hydrogens is 412 g/mol. The first-order chi connectivity index (χ1) is 15.1. The van der Waals surface area contributed by atoms with Gasteiger partial charge in [-0.1, -0.05) is 35.1 Å². The summed E-state index contributed by atoms with van der Waals surface area (Å²) in [5.74, 6) is 1.18. The van der Waals surface area contributed by atoms with Gasteiger partial charge < -0.3 is 14.8 Å².